The smallest absolute Gasteiger partial charge is 0.337 e. The van der Waals surface area contributed by atoms with E-state index in [0.29, 0.717) is 17.8 Å². The Morgan fingerprint density at radius 1 is 1.03 bits per heavy atom. The molecule has 2 aromatic carbocycles. The van der Waals surface area contributed by atoms with Crippen molar-refractivity contribution in [2.24, 2.45) is 0 Å². The molecule has 4 aromatic rings. The van der Waals surface area contributed by atoms with Crippen LogP contribution >= 0.6 is 23.1 Å². The molecule has 2 aromatic heterocycles. The van der Waals surface area contributed by atoms with Gasteiger partial charge in [-0.15, -0.1) is 23.1 Å². The van der Waals surface area contributed by atoms with E-state index in [4.69, 9.17) is 4.74 Å². The molecule has 2 aliphatic rings. The van der Waals surface area contributed by atoms with Crippen LogP contribution in [0.4, 0.5) is 10.5 Å². The first-order valence-electron chi connectivity index (χ1n) is 12.8. The van der Waals surface area contributed by atoms with Crippen molar-refractivity contribution >= 4 is 40.8 Å². The summed E-state index contributed by atoms with van der Waals surface area (Å²) >= 11 is 3.58. The Morgan fingerprint density at radius 3 is 2.63 bits per heavy atom. The number of ether oxygens (including phenoxy) is 1. The number of thiophene rings is 1. The van der Waals surface area contributed by atoms with E-state index in [0.717, 1.165) is 24.1 Å². The van der Waals surface area contributed by atoms with Gasteiger partial charge >= 0.3 is 12.0 Å². The normalized spacial score (nSPS) is 16.2. The molecule has 0 saturated heterocycles. The maximum atomic E-state index is 14.1. The van der Waals surface area contributed by atoms with E-state index >= 15 is 0 Å². The Hall–Kier alpha value is -3.49. The second-order valence-corrected chi connectivity index (χ2v) is 11.6. The van der Waals surface area contributed by atoms with Gasteiger partial charge in [-0.1, -0.05) is 18.2 Å². The number of nitrogens with one attached hydrogen (secondary N) is 1. The standard InChI is InChI=1S/C30H29N3O3S2/c1-36-29(34)20-7-5-8-21(17-20)31-30(35)33-18-24-23-9-3-4-11-26(23)38-28(24)32-16-6-10-25(32)27(33)19-12-14-22(37-2)15-13-19/h5-8,10,12-17,27H,3-4,9,11,18H2,1-2H3,(H,31,35)/t27-/m1/s1. The van der Waals surface area contributed by atoms with E-state index in [1.807, 2.05) is 16.2 Å². The number of hydrogen-bond donors (Lipinski definition) is 1. The van der Waals surface area contributed by atoms with E-state index in [-0.39, 0.29) is 12.1 Å². The average Bonchev–Trinajstić information content (AvgIpc) is 3.54. The van der Waals surface area contributed by atoms with Crippen LogP contribution in [0, 0.1) is 0 Å². The van der Waals surface area contributed by atoms with Crippen LogP contribution in [0.3, 0.4) is 0 Å². The number of nitrogens with zero attached hydrogens (tertiary/aromatic N) is 2. The summed E-state index contributed by atoms with van der Waals surface area (Å²) in [6.07, 6.45) is 8.75. The van der Waals surface area contributed by atoms with Crippen LogP contribution in [0.15, 0.2) is 71.8 Å². The molecular weight excluding hydrogens is 514 g/mol. The van der Waals surface area contributed by atoms with Crippen molar-refractivity contribution in [1.29, 1.82) is 0 Å². The summed E-state index contributed by atoms with van der Waals surface area (Å²) in [4.78, 5) is 30.8. The summed E-state index contributed by atoms with van der Waals surface area (Å²) in [5, 5.41) is 4.30. The minimum Gasteiger partial charge on any atom is -0.465 e. The molecule has 2 amide bonds. The first kappa shape index (κ1) is 24.8. The van der Waals surface area contributed by atoms with Crippen molar-refractivity contribution in [3.8, 4) is 5.00 Å². The number of fused-ring (bicyclic) bond motifs is 5. The van der Waals surface area contributed by atoms with Crippen LogP contribution in [-0.4, -0.2) is 34.8 Å². The van der Waals surface area contributed by atoms with E-state index in [1.165, 1.54) is 45.9 Å². The molecule has 0 bridgehead atoms. The number of rotatable bonds is 4. The Bertz CT molecular complexity index is 1510. The van der Waals surface area contributed by atoms with Crippen LogP contribution in [0.25, 0.3) is 5.00 Å². The Balaban J connectivity index is 1.45. The molecule has 0 saturated carbocycles. The predicted molar refractivity (Wildman–Crippen MR) is 153 cm³/mol. The first-order valence-corrected chi connectivity index (χ1v) is 14.8. The van der Waals surface area contributed by atoms with Crippen LogP contribution < -0.4 is 5.32 Å². The van der Waals surface area contributed by atoms with Crippen molar-refractivity contribution in [3.63, 3.8) is 0 Å². The topological polar surface area (TPSA) is 63.6 Å². The molecule has 0 spiro atoms. The van der Waals surface area contributed by atoms with Crippen LogP contribution in [0.1, 0.15) is 56.5 Å². The zero-order chi connectivity index (χ0) is 26.2. The van der Waals surface area contributed by atoms with Gasteiger partial charge in [0.1, 0.15) is 5.00 Å². The first-order chi connectivity index (χ1) is 18.6. The molecule has 1 N–H and O–H groups in total. The molecule has 6 nitrogen and oxygen atoms in total. The van der Waals surface area contributed by atoms with Gasteiger partial charge in [0.15, 0.2) is 0 Å². The van der Waals surface area contributed by atoms with Gasteiger partial charge in [0, 0.05) is 27.2 Å². The molecular formula is C30H29N3O3S2. The molecule has 194 valence electrons. The Morgan fingerprint density at radius 2 is 1.84 bits per heavy atom. The summed E-state index contributed by atoms with van der Waals surface area (Å²) in [6.45, 7) is 0.514. The highest BCUT2D eigenvalue weighted by Crippen LogP contribution is 2.44. The lowest BCUT2D eigenvalue weighted by Crippen LogP contribution is -2.38. The fraction of sp³-hybridized carbons (Fsp3) is 0.267. The molecule has 6 rings (SSSR count). The fourth-order valence-electron chi connectivity index (χ4n) is 5.56. The number of aromatic nitrogens is 1. The zero-order valence-corrected chi connectivity index (χ0v) is 23.0. The number of anilines is 1. The van der Waals surface area contributed by atoms with E-state index < -0.39 is 5.97 Å². The molecule has 1 aliphatic carbocycles. The minimum absolute atomic E-state index is 0.206. The van der Waals surface area contributed by atoms with Gasteiger partial charge in [-0.05, 0) is 85.5 Å². The molecule has 0 radical (unpaired) electrons. The third-order valence-electron chi connectivity index (χ3n) is 7.41. The largest absolute Gasteiger partial charge is 0.465 e. The molecule has 1 atom stereocenters. The van der Waals surface area contributed by atoms with E-state index in [9.17, 15) is 9.59 Å². The number of aryl methyl sites for hydroxylation is 1. The second-order valence-electron chi connectivity index (χ2n) is 9.60. The number of urea groups is 1. The van der Waals surface area contributed by atoms with Gasteiger partial charge in [0.25, 0.3) is 0 Å². The summed E-state index contributed by atoms with van der Waals surface area (Å²) < 4.78 is 7.16. The van der Waals surface area contributed by atoms with Crippen molar-refractivity contribution < 1.29 is 14.3 Å². The number of thioether (sulfide) groups is 1. The maximum absolute atomic E-state index is 14.1. The number of carbonyl (C=O) groups excluding carboxylic acids is 2. The van der Waals surface area contributed by atoms with Crippen LogP contribution in [0.5, 0.6) is 0 Å². The zero-order valence-electron chi connectivity index (χ0n) is 21.4. The average molecular weight is 544 g/mol. The van der Waals surface area contributed by atoms with E-state index in [1.54, 1.807) is 36.0 Å². The monoisotopic (exact) mass is 543 g/mol. The highest BCUT2D eigenvalue weighted by atomic mass is 32.2. The summed E-state index contributed by atoms with van der Waals surface area (Å²) in [5.41, 5.74) is 5.75. The summed E-state index contributed by atoms with van der Waals surface area (Å²) in [5.74, 6) is -0.435. The van der Waals surface area contributed by atoms with Crippen LogP contribution in [0.2, 0.25) is 0 Å². The number of carbonyl (C=O) groups is 2. The van der Waals surface area contributed by atoms with Crippen molar-refractivity contribution in [2.45, 2.75) is 43.2 Å². The Labute approximate surface area is 230 Å². The van der Waals surface area contributed by atoms with Gasteiger partial charge in [0.05, 0.1) is 31.0 Å². The molecule has 1 aliphatic heterocycles. The maximum Gasteiger partial charge on any atom is 0.337 e. The fourth-order valence-corrected chi connectivity index (χ4v) is 7.37. The molecule has 0 unspecified atom stereocenters. The van der Waals surface area contributed by atoms with Crippen molar-refractivity contribution in [3.05, 3.63) is 99.7 Å². The third-order valence-corrected chi connectivity index (χ3v) is 9.48. The SMILES string of the molecule is COC(=O)c1cccc(NC(=O)N2Cc3c(sc4c3CCCC4)-n3cccc3[C@H]2c2ccc(SC)cc2)c1. The summed E-state index contributed by atoms with van der Waals surface area (Å²) in [6, 6.07) is 19.1. The molecule has 8 heteroatoms. The minimum atomic E-state index is -0.435. The van der Waals surface area contributed by atoms with Gasteiger partial charge < -0.3 is 19.5 Å². The quantitative estimate of drug-likeness (QED) is 0.221. The van der Waals surface area contributed by atoms with Crippen molar-refractivity contribution in [1.82, 2.24) is 9.47 Å². The molecule has 3 heterocycles. The highest BCUT2D eigenvalue weighted by Gasteiger charge is 2.36. The number of benzene rings is 2. The second kappa shape index (κ2) is 10.3. The van der Waals surface area contributed by atoms with Gasteiger partial charge in [-0.3, -0.25) is 0 Å². The van der Waals surface area contributed by atoms with Gasteiger partial charge in [-0.25, -0.2) is 9.59 Å². The lowest BCUT2D eigenvalue weighted by atomic mass is 9.95. The number of hydrogen-bond acceptors (Lipinski definition) is 5. The summed E-state index contributed by atoms with van der Waals surface area (Å²) in [7, 11) is 1.35. The number of esters is 1. The van der Waals surface area contributed by atoms with Gasteiger partial charge in [-0.2, -0.15) is 0 Å². The molecule has 0 fully saturated rings. The Kier molecular flexibility index (Phi) is 6.76. The number of amides is 2. The van der Waals surface area contributed by atoms with E-state index in [2.05, 4.69) is 58.7 Å². The van der Waals surface area contributed by atoms with Crippen molar-refractivity contribution in [2.75, 3.05) is 18.7 Å². The highest BCUT2D eigenvalue weighted by molar-refractivity contribution is 7.98. The third kappa shape index (κ3) is 4.41. The lowest BCUT2D eigenvalue weighted by molar-refractivity contribution is 0.0600. The predicted octanol–water partition coefficient (Wildman–Crippen LogP) is 7.06. The van der Waals surface area contributed by atoms with Crippen LogP contribution in [-0.2, 0) is 24.1 Å². The lowest BCUT2D eigenvalue weighted by Gasteiger charge is -2.31. The number of methoxy groups -OCH3 is 1. The van der Waals surface area contributed by atoms with Gasteiger partial charge in [0.2, 0.25) is 0 Å². The molecule has 38 heavy (non-hydrogen) atoms.